The van der Waals surface area contributed by atoms with E-state index >= 15 is 0 Å². The summed E-state index contributed by atoms with van der Waals surface area (Å²) >= 11 is 0. The fourth-order valence-electron chi connectivity index (χ4n) is 3.76. The summed E-state index contributed by atoms with van der Waals surface area (Å²) in [6.45, 7) is 3.75. The number of nitrogens with one attached hydrogen (secondary N) is 1. The van der Waals surface area contributed by atoms with Crippen LogP contribution in [0.2, 0.25) is 0 Å². The lowest BCUT2D eigenvalue weighted by Gasteiger charge is -2.29. The minimum absolute atomic E-state index is 0.0970. The van der Waals surface area contributed by atoms with Crippen LogP contribution in [-0.4, -0.2) is 23.6 Å². The summed E-state index contributed by atoms with van der Waals surface area (Å²) in [4.78, 5) is 39.4. The molecule has 0 spiro atoms. The molecule has 5 rings (SSSR count). The van der Waals surface area contributed by atoms with Gasteiger partial charge in [0.25, 0.3) is 11.8 Å². The van der Waals surface area contributed by atoms with Gasteiger partial charge in [0, 0.05) is 16.6 Å². The molecule has 1 aliphatic heterocycles. The maximum Gasteiger partial charge on any atom is 0.349 e. The van der Waals surface area contributed by atoms with E-state index in [1.54, 1.807) is 54.3 Å². The van der Waals surface area contributed by atoms with Gasteiger partial charge in [-0.2, -0.15) is 0 Å². The van der Waals surface area contributed by atoms with Gasteiger partial charge in [-0.05, 0) is 44.2 Å². The van der Waals surface area contributed by atoms with Gasteiger partial charge in [-0.15, -0.1) is 0 Å². The molecule has 33 heavy (non-hydrogen) atoms. The number of anilines is 2. The standard InChI is InChI=1S/C24H19N3O6/c1-13-18(14(2)33-26-13)11-27-19-10-16(7-8-21(19)31-12-22(27)28)25-23(29)17-9-15-5-3-4-6-20(15)32-24(17)30/h3-10H,11-12H2,1-2H3,(H,25,29). The lowest BCUT2D eigenvalue weighted by atomic mass is 10.1. The average Bonchev–Trinajstić information content (AvgIpc) is 3.12. The van der Waals surface area contributed by atoms with Gasteiger partial charge < -0.3 is 23.9 Å². The quantitative estimate of drug-likeness (QED) is 0.478. The van der Waals surface area contributed by atoms with E-state index in [1.807, 2.05) is 6.92 Å². The number of hydrogen-bond donors (Lipinski definition) is 1. The third-order valence-electron chi connectivity index (χ3n) is 5.54. The van der Waals surface area contributed by atoms with Crippen molar-refractivity contribution >= 4 is 34.2 Å². The number of para-hydroxylation sites is 1. The summed E-state index contributed by atoms with van der Waals surface area (Å²) in [5, 5.41) is 7.29. The van der Waals surface area contributed by atoms with Gasteiger partial charge in [-0.1, -0.05) is 23.4 Å². The largest absolute Gasteiger partial charge is 0.482 e. The van der Waals surface area contributed by atoms with Crippen molar-refractivity contribution in [3.8, 4) is 5.75 Å². The first-order valence-electron chi connectivity index (χ1n) is 10.2. The maximum atomic E-state index is 12.8. The molecule has 9 nitrogen and oxygen atoms in total. The number of carbonyl (C=O) groups excluding carboxylic acids is 2. The first-order chi connectivity index (χ1) is 15.9. The van der Waals surface area contributed by atoms with Gasteiger partial charge in [0.1, 0.15) is 22.7 Å². The van der Waals surface area contributed by atoms with Crippen molar-refractivity contribution in [2.24, 2.45) is 0 Å². The van der Waals surface area contributed by atoms with E-state index in [2.05, 4.69) is 10.5 Å². The van der Waals surface area contributed by atoms with E-state index in [0.717, 1.165) is 5.56 Å². The van der Waals surface area contributed by atoms with Gasteiger partial charge in [0.2, 0.25) is 0 Å². The third kappa shape index (κ3) is 3.73. The fourth-order valence-corrected chi connectivity index (χ4v) is 3.76. The molecule has 0 unspecified atom stereocenters. The van der Waals surface area contributed by atoms with Crippen LogP contribution in [0.1, 0.15) is 27.4 Å². The van der Waals surface area contributed by atoms with Crippen LogP contribution in [0.15, 0.2) is 62.3 Å². The number of ether oxygens (including phenoxy) is 1. The van der Waals surface area contributed by atoms with Crippen molar-refractivity contribution in [1.82, 2.24) is 5.16 Å². The first-order valence-corrected chi connectivity index (χ1v) is 10.2. The molecule has 2 aromatic carbocycles. The highest BCUT2D eigenvalue weighted by Gasteiger charge is 2.28. The van der Waals surface area contributed by atoms with Crippen molar-refractivity contribution in [3.63, 3.8) is 0 Å². The topological polar surface area (TPSA) is 115 Å². The third-order valence-corrected chi connectivity index (χ3v) is 5.54. The zero-order chi connectivity index (χ0) is 23.1. The van der Waals surface area contributed by atoms with Gasteiger partial charge in [-0.3, -0.25) is 9.59 Å². The normalized spacial score (nSPS) is 13.0. The minimum Gasteiger partial charge on any atom is -0.482 e. The van der Waals surface area contributed by atoms with Crippen molar-refractivity contribution in [2.45, 2.75) is 20.4 Å². The van der Waals surface area contributed by atoms with E-state index in [0.29, 0.717) is 39.5 Å². The van der Waals surface area contributed by atoms with Crippen LogP contribution in [0.3, 0.4) is 0 Å². The highest BCUT2D eigenvalue weighted by molar-refractivity contribution is 6.06. The number of aryl methyl sites for hydroxylation is 2. The Kier molecular flexibility index (Phi) is 4.93. The molecule has 166 valence electrons. The van der Waals surface area contributed by atoms with Gasteiger partial charge in [0.05, 0.1) is 17.9 Å². The predicted molar refractivity (Wildman–Crippen MR) is 120 cm³/mol. The molecule has 2 aromatic heterocycles. The Bertz CT molecular complexity index is 1450. The van der Waals surface area contributed by atoms with Gasteiger partial charge in [0.15, 0.2) is 6.61 Å². The van der Waals surface area contributed by atoms with Gasteiger partial charge >= 0.3 is 5.63 Å². The minimum atomic E-state index is -0.734. The Morgan fingerprint density at radius 3 is 2.73 bits per heavy atom. The lowest BCUT2D eigenvalue weighted by molar-refractivity contribution is -0.121. The van der Waals surface area contributed by atoms with Gasteiger partial charge in [-0.25, -0.2) is 4.79 Å². The second kappa shape index (κ2) is 7.94. The molecule has 0 saturated heterocycles. The molecule has 1 aliphatic rings. The van der Waals surface area contributed by atoms with Crippen molar-refractivity contribution in [2.75, 3.05) is 16.8 Å². The summed E-state index contributed by atoms with van der Waals surface area (Å²) in [5.74, 6) is 0.279. The van der Waals surface area contributed by atoms with Crippen LogP contribution >= 0.6 is 0 Å². The molecule has 0 fully saturated rings. The zero-order valence-corrected chi connectivity index (χ0v) is 17.9. The molecule has 0 atom stereocenters. The second-order valence-corrected chi connectivity index (χ2v) is 7.69. The number of aromatic nitrogens is 1. The summed E-state index contributed by atoms with van der Waals surface area (Å²) in [5.41, 5.74) is 1.94. The highest BCUT2D eigenvalue weighted by Crippen LogP contribution is 2.36. The Hall–Kier alpha value is -4.40. The molecule has 0 saturated carbocycles. The Balaban J connectivity index is 1.46. The van der Waals surface area contributed by atoms with Crippen LogP contribution in [0.25, 0.3) is 11.0 Å². The van der Waals surface area contributed by atoms with Crippen LogP contribution in [0, 0.1) is 13.8 Å². The monoisotopic (exact) mass is 445 g/mol. The number of benzene rings is 2. The second-order valence-electron chi connectivity index (χ2n) is 7.69. The summed E-state index contributed by atoms with van der Waals surface area (Å²) in [6, 6.07) is 13.4. The Morgan fingerprint density at radius 2 is 1.94 bits per heavy atom. The lowest BCUT2D eigenvalue weighted by Crippen LogP contribution is -2.38. The van der Waals surface area contributed by atoms with E-state index in [4.69, 9.17) is 13.7 Å². The number of carbonyl (C=O) groups is 2. The summed E-state index contributed by atoms with van der Waals surface area (Å²) in [6.07, 6.45) is 0. The molecule has 0 radical (unpaired) electrons. The van der Waals surface area contributed by atoms with Crippen molar-refractivity contribution in [1.29, 1.82) is 0 Å². The van der Waals surface area contributed by atoms with Crippen LogP contribution in [0.4, 0.5) is 11.4 Å². The average molecular weight is 445 g/mol. The highest BCUT2D eigenvalue weighted by atomic mass is 16.5. The Morgan fingerprint density at radius 1 is 1.12 bits per heavy atom. The van der Waals surface area contributed by atoms with Crippen molar-refractivity contribution < 1.29 is 23.3 Å². The van der Waals surface area contributed by atoms with Crippen LogP contribution in [0.5, 0.6) is 5.75 Å². The van der Waals surface area contributed by atoms with E-state index < -0.39 is 11.5 Å². The number of nitrogens with zero attached hydrogens (tertiary/aromatic N) is 2. The SMILES string of the molecule is Cc1noc(C)c1CN1C(=O)COc2ccc(NC(=O)c3cc4ccccc4oc3=O)cc21. The molecule has 0 bridgehead atoms. The van der Waals surface area contributed by atoms with Crippen molar-refractivity contribution in [3.05, 3.63) is 81.5 Å². The smallest absolute Gasteiger partial charge is 0.349 e. The predicted octanol–water partition coefficient (Wildman–Crippen LogP) is 3.58. The van der Waals surface area contributed by atoms with E-state index in [-0.39, 0.29) is 24.6 Å². The molecule has 1 N–H and O–H groups in total. The fraction of sp³-hybridized carbons (Fsp3) is 0.167. The molecule has 0 aliphatic carbocycles. The number of rotatable bonds is 4. The zero-order valence-electron chi connectivity index (χ0n) is 17.9. The number of amides is 2. The molecular formula is C24H19N3O6. The number of fused-ring (bicyclic) bond motifs is 2. The summed E-state index contributed by atoms with van der Waals surface area (Å²) < 4.78 is 16.0. The van der Waals surface area contributed by atoms with E-state index in [9.17, 15) is 14.4 Å². The molecule has 9 heteroatoms. The molecule has 2 amide bonds. The maximum absolute atomic E-state index is 12.8. The first kappa shape index (κ1) is 20.5. The van der Waals surface area contributed by atoms with E-state index in [1.165, 1.54) is 6.07 Å². The number of hydrogen-bond acceptors (Lipinski definition) is 7. The van der Waals surface area contributed by atoms with Crippen LogP contribution < -0.4 is 20.6 Å². The Labute approximate surface area is 187 Å². The molecule has 3 heterocycles. The molecular weight excluding hydrogens is 426 g/mol. The summed E-state index contributed by atoms with van der Waals surface area (Å²) in [7, 11) is 0. The van der Waals surface area contributed by atoms with Crippen LogP contribution in [-0.2, 0) is 11.3 Å². The molecule has 4 aromatic rings.